The molecular weight excluding hydrogens is 280 g/mol. The summed E-state index contributed by atoms with van der Waals surface area (Å²) in [5.41, 5.74) is -1.23. The van der Waals surface area contributed by atoms with E-state index in [0.29, 0.717) is 0 Å². The standard InChI is InChI=1S/C18H24O4/c1-5-7-9-11-13-18(3)16(20)15(17(21-4)22-18)14(19)12-10-8-6-2/h7,9-13H,5-6,8H2,1-4H3. The highest BCUT2D eigenvalue weighted by Gasteiger charge is 2.47. The number of hydrogen-bond donors (Lipinski definition) is 0. The van der Waals surface area contributed by atoms with Crippen LogP contribution < -0.4 is 0 Å². The number of hydrogen-bond acceptors (Lipinski definition) is 4. The van der Waals surface area contributed by atoms with Crippen molar-refractivity contribution in [1.82, 2.24) is 0 Å². The van der Waals surface area contributed by atoms with Crippen LogP contribution in [0.4, 0.5) is 0 Å². The number of rotatable bonds is 8. The van der Waals surface area contributed by atoms with Gasteiger partial charge in [0, 0.05) is 0 Å². The van der Waals surface area contributed by atoms with Crippen molar-refractivity contribution in [2.75, 3.05) is 7.11 Å². The Hall–Kier alpha value is -2.10. The van der Waals surface area contributed by atoms with Gasteiger partial charge in [-0.2, -0.15) is 0 Å². The molecule has 0 bridgehead atoms. The number of allylic oxidation sites excluding steroid dienone is 5. The SMILES string of the molecule is CCC=CC=CC1(C)OC(OC)=C(C(=O)C=CCCC)C1=O. The molecular formula is C18H24O4. The number of Topliss-reactive ketones (excluding diaryl/α,β-unsaturated/α-hetero) is 1. The van der Waals surface area contributed by atoms with Crippen LogP contribution in [0.3, 0.4) is 0 Å². The highest BCUT2D eigenvalue weighted by atomic mass is 16.7. The number of unbranched alkanes of at least 4 members (excludes halogenated alkanes) is 1. The molecule has 1 rings (SSSR count). The predicted octanol–water partition coefficient (Wildman–Crippen LogP) is 3.65. The quantitative estimate of drug-likeness (QED) is 0.390. The fourth-order valence-corrected chi connectivity index (χ4v) is 1.99. The molecule has 0 aromatic carbocycles. The molecule has 1 aliphatic rings. The van der Waals surface area contributed by atoms with Gasteiger partial charge in [-0.05, 0) is 31.9 Å². The Morgan fingerprint density at radius 3 is 2.59 bits per heavy atom. The van der Waals surface area contributed by atoms with Crippen molar-refractivity contribution in [1.29, 1.82) is 0 Å². The smallest absolute Gasteiger partial charge is 0.295 e. The Kier molecular flexibility index (Phi) is 6.83. The van der Waals surface area contributed by atoms with E-state index in [1.54, 1.807) is 25.2 Å². The first kappa shape index (κ1) is 18.0. The van der Waals surface area contributed by atoms with E-state index in [-0.39, 0.29) is 23.1 Å². The second kappa shape index (κ2) is 8.37. The first-order chi connectivity index (χ1) is 10.5. The largest absolute Gasteiger partial charge is 0.468 e. The number of ketones is 2. The Labute approximate surface area is 132 Å². The van der Waals surface area contributed by atoms with Gasteiger partial charge < -0.3 is 9.47 Å². The lowest BCUT2D eigenvalue weighted by molar-refractivity contribution is -0.128. The summed E-state index contributed by atoms with van der Waals surface area (Å²) in [6.07, 6.45) is 13.0. The van der Waals surface area contributed by atoms with E-state index in [9.17, 15) is 9.59 Å². The molecule has 1 aliphatic heterocycles. The summed E-state index contributed by atoms with van der Waals surface area (Å²) in [5, 5.41) is 0. The van der Waals surface area contributed by atoms with Gasteiger partial charge in [0.25, 0.3) is 5.95 Å². The summed E-state index contributed by atoms with van der Waals surface area (Å²) in [4.78, 5) is 24.7. The minimum atomic E-state index is -1.20. The van der Waals surface area contributed by atoms with Crippen LogP contribution in [0.25, 0.3) is 0 Å². The third-order valence-corrected chi connectivity index (χ3v) is 3.24. The topological polar surface area (TPSA) is 52.6 Å². The Balaban J connectivity index is 2.98. The van der Waals surface area contributed by atoms with Crippen molar-refractivity contribution in [3.05, 3.63) is 48.0 Å². The van der Waals surface area contributed by atoms with Gasteiger partial charge in [-0.1, -0.05) is 44.6 Å². The van der Waals surface area contributed by atoms with Crippen LogP contribution in [0.2, 0.25) is 0 Å². The molecule has 0 spiro atoms. The van der Waals surface area contributed by atoms with Crippen molar-refractivity contribution in [3.8, 4) is 0 Å². The van der Waals surface area contributed by atoms with Crippen LogP contribution in [0, 0.1) is 0 Å². The molecule has 4 nitrogen and oxygen atoms in total. The average molecular weight is 304 g/mol. The summed E-state index contributed by atoms with van der Waals surface area (Å²) in [5.74, 6) is -0.768. The van der Waals surface area contributed by atoms with E-state index in [1.807, 2.05) is 26.0 Å². The lowest BCUT2D eigenvalue weighted by Crippen LogP contribution is -2.32. The molecule has 0 aliphatic carbocycles. The summed E-state index contributed by atoms with van der Waals surface area (Å²) in [6, 6.07) is 0. The zero-order valence-corrected chi connectivity index (χ0v) is 13.7. The van der Waals surface area contributed by atoms with Gasteiger partial charge in [0.1, 0.15) is 5.57 Å². The molecule has 0 saturated heterocycles. The third-order valence-electron chi connectivity index (χ3n) is 3.24. The second-order valence-corrected chi connectivity index (χ2v) is 5.16. The van der Waals surface area contributed by atoms with Gasteiger partial charge in [0.15, 0.2) is 11.4 Å². The zero-order chi connectivity index (χ0) is 16.6. The average Bonchev–Trinajstić information content (AvgIpc) is 2.76. The van der Waals surface area contributed by atoms with Crippen LogP contribution >= 0.6 is 0 Å². The van der Waals surface area contributed by atoms with Gasteiger partial charge in [0.2, 0.25) is 5.78 Å². The van der Waals surface area contributed by atoms with E-state index in [0.717, 1.165) is 19.3 Å². The third kappa shape index (κ3) is 4.20. The normalized spacial score (nSPS) is 22.3. The number of carbonyl (C=O) groups excluding carboxylic acids is 2. The van der Waals surface area contributed by atoms with Crippen molar-refractivity contribution in [2.45, 2.75) is 45.6 Å². The van der Waals surface area contributed by atoms with Crippen LogP contribution in [0.5, 0.6) is 0 Å². The molecule has 0 aromatic rings. The van der Waals surface area contributed by atoms with E-state index < -0.39 is 5.60 Å². The maximum Gasteiger partial charge on any atom is 0.295 e. The van der Waals surface area contributed by atoms with Gasteiger partial charge in [0.05, 0.1) is 7.11 Å². The molecule has 22 heavy (non-hydrogen) atoms. The van der Waals surface area contributed by atoms with Gasteiger partial charge in [-0.15, -0.1) is 0 Å². The number of carbonyl (C=O) groups is 2. The molecule has 120 valence electrons. The fraction of sp³-hybridized carbons (Fsp3) is 0.444. The molecule has 1 unspecified atom stereocenters. The van der Waals surface area contributed by atoms with Crippen LogP contribution in [0.1, 0.15) is 40.0 Å². The summed E-state index contributed by atoms with van der Waals surface area (Å²) in [7, 11) is 1.39. The lowest BCUT2D eigenvalue weighted by Gasteiger charge is -2.18. The summed E-state index contributed by atoms with van der Waals surface area (Å²) in [6.45, 7) is 5.66. The zero-order valence-electron chi connectivity index (χ0n) is 13.7. The van der Waals surface area contributed by atoms with E-state index in [4.69, 9.17) is 9.47 Å². The molecule has 0 saturated carbocycles. The maximum absolute atomic E-state index is 12.5. The van der Waals surface area contributed by atoms with Crippen molar-refractivity contribution in [3.63, 3.8) is 0 Å². The molecule has 0 aromatic heterocycles. The molecule has 4 heteroatoms. The summed E-state index contributed by atoms with van der Waals surface area (Å²) >= 11 is 0. The number of methoxy groups -OCH3 is 1. The highest BCUT2D eigenvalue weighted by Crippen LogP contribution is 2.33. The van der Waals surface area contributed by atoms with E-state index in [1.165, 1.54) is 13.2 Å². The Morgan fingerprint density at radius 1 is 1.27 bits per heavy atom. The second-order valence-electron chi connectivity index (χ2n) is 5.16. The van der Waals surface area contributed by atoms with Gasteiger partial charge in [-0.25, -0.2) is 0 Å². The monoisotopic (exact) mass is 304 g/mol. The predicted molar refractivity (Wildman–Crippen MR) is 86.2 cm³/mol. The first-order valence-corrected chi connectivity index (χ1v) is 7.57. The lowest BCUT2D eigenvalue weighted by atomic mass is 9.94. The summed E-state index contributed by atoms with van der Waals surface area (Å²) < 4.78 is 10.6. The Morgan fingerprint density at radius 2 is 2.00 bits per heavy atom. The van der Waals surface area contributed by atoms with Crippen LogP contribution in [0.15, 0.2) is 48.0 Å². The molecule has 0 N–H and O–H groups in total. The molecule has 0 radical (unpaired) electrons. The molecule has 0 fully saturated rings. The van der Waals surface area contributed by atoms with Crippen molar-refractivity contribution in [2.24, 2.45) is 0 Å². The molecule has 0 amide bonds. The molecule has 1 heterocycles. The van der Waals surface area contributed by atoms with Gasteiger partial charge >= 0.3 is 0 Å². The van der Waals surface area contributed by atoms with E-state index >= 15 is 0 Å². The van der Waals surface area contributed by atoms with E-state index in [2.05, 4.69) is 0 Å². The minimum absolute atomic E-state index is 0.0113. The fourth-order valence-electron chi connectivity index (χ4n) is 1.99. The number of ether oxygens (including phenoxy) is 2. The van der Waals surface area contributed by atoms with Crippen molar-refractivity contribution >= 4 is 11.6 Å². The Bertz CT molecular complexity index is 537. The van der Waals surface area contributed by atoms with Crippen LogP contribution in [-0.2, 0) is 19.1 Å². The molecule has 1 atom stereocenters. The highest BCUT2D eigenvalue weighted by molar-refractivity contribution is 6.28. The van der Waals surface area contributed by atoms with Crippen molar-refractivity contribution < 1.29 is 19.1 Å². The minimum Gasteiger partial charge on any atom is -0.468 e. The maximum atomic E-state index is 12.5. The van der Waals surface area contributed by atoms with Gasteiger partial charge in [-0.3, -0.25) is 9.59 Å². The van der Waals surface area contributed by atoms with Crippen LogP contribution in [-0.4, -0.2) is 24.3 Å². The first-order valence-electron chi connectivity index (χ1n) is 7.57.